The van der Waals surface area contributed by atoms with Gasteiger partial charge in [0, 0.05) is 22.8 Å². The molecule has 1 amide bonds. The molecule has 0 fully saturated rings. The molecule has 1 aromatic carbocycles. The van der Waals surface area contributed by atoms with Crippen molar-refractivity contribution in [2.24, 2.45) is 0 Å². The molecule has 2 rings (SSSR count). The summed E-state index contributed by atoms with van der Waals surface area (Å²) >= 11 is 1.75. The van der Waals surface area contributed by atoms with Crippen molar-refractivity contribution in [3.8, 4) is 0 Å². The van der Waals surface area contributed by atoms with E-state index in [-0.39, 0.29) is 5.91 Å². The molecule has 0 spiro atoms. The Morgan fingerprint density at radius 1 is 1.30 bits per heavy atom. The number of likely N-dealkylation sites (N-methyl/N-ethyl adjacent to an activating group) is 1. The van der Waals surface area contributed by atoms with Crippen LogP contribution in [0.15, 0.2) is 41.8 Å². The number of amides is 1. The van der Waals surface area contributed by atoms with Crippen LogP contribution in [0, 0.1) is 0 Å². The third kappa shape index (κ3) is 4.68. The Hall–Kier alpha value is -1.85. The molecule has 0 unspecified atom stereocenters. The minimum absolute atomic E-state index is 0.0107. The number of hydrogen-bond acceptors (Lipinski definition) is 4. The van der Waals surface area contributed by atoms with Gasteiger partial charge in [-0.15, -0.1) is 11.3 Å². The van der Waals surface area contributed by atoms with E-state index in [1.165, 1.54) is 4.88 Å². The smallest absolute Gasteiger partial charge is 0.238 e. The quantitative estimate of drug-likeness (QED) is 0.803. The van der Waals surface area contributed by atoms with Crippen LogP contribution in [-0.2, 0) is 11.2 Å². The SMILES string of the molecule is CN(CCc1cccs1)CC(=O)Nc1ccc(N)cc1. The molecule has 1 aromatic heterocycles. The van der Waals surface area contributed by atoms with E-state index < -0.39 is 0 Å². The second kappa shape index (κ2) is 7.07. The van der Waals surface area contributed by atoms with E-state index >= 15 is 0 Å². The molecule has 0 aliphatic heterocycles. The van der Waals surface area contributed by atoms with Crippen LogP contribution in [-0.4, -0.2) is 30.9 Å². The van der Waals surface area contributed by atoms with Crippen LogP contribution < -0.4 is 11.1 Å². The van der Waals surface area contributed by atoms with Crippen molar-refractivity contribution in [1.82, 2.24) is 4.90 Å². The Kier molecular flexibility index (Phi) is 5.15. The fraction of sp³-hybridized carbons (Fsp3) is 0.267. The average Bonchev–Trinajstić information content (AvgIpc) is 2.92. The van der Waals surface area contributed by atoms with Gasteiger partial charge in [0.25, 0.3) is 0 Å². The van der Waals surface area contributed by atoms with Gasteiger partial charge in [-0.25, -0.2) is 0 Å². The van der Waals surface area contributed by atoms with Gasteiger partial charge in [0.05, 0.1) is 6.54 Å². The predicted molar refractivity (Wildman–Crippen MR) is 85.0 cm³/mol. The minimum Gasteiger partial charge on any atom is -0.399 e. The maximum Gasteiger partial charge on any atom is 0.238 e. The second-order valence-electron chi connectivity index (χ2n) is 4.74. The van der Waals surface area contributed by atoms with Gasteiger partial charge in [-0.3, -0.25) is 9.69 Å². The number of carbonyl (C=O) groups is 1. The summed E-state index contributed by atoms with van der Waals surface area (Å²) in [4.78, 5) is 15.3. The molecule has 0 atom stereocenters. The molecule has 5 heteroatoms. The Balaban J connectivity index is 1.74. The molecule has 0 bridgehead atoms. The fourth-order valence-electron chi connectivity index (χ4n) is 1.85. The topological polar surface area (TPSA) is 58.4 Å². The highest BCUT2D eigenvalue weighted by atomic mass is 32.1. The van der Waals surface area contributed by atoms with Crippen molar-refractivity contribution in [2.75, 3.05) is 31.2 Å². The highest BCUT2D eigenvalue weighted by Crippen LogP contribution is 2.11. The van der Waals surface area contributed by atoms with Gasteiger partial charge in [-0.1, -0.05) is 6.07 Å². The number of nitrogen functional groups attached to an aromatic ring is 1. The molecule has 0 aliphatic rings. The lowest BCUT2D eigenvalue weighted by atomic mass is 10.3. The number of nitrogens with two attached hydrogens (primary N) is 1. The summed E-state index contributed by atoms with van der Waals surface area (Å²) < 4.78 is 0. The lowest BCUT2D eigenvalue weighted by Gasteiger charge is -2.15. The van der Waals surface area contributed by atoms with E-state index in [9.17, 15) is 4.79 Å². The standard InChI is InChI=1S/C15H19N3OS/c1-18(9-8-14-3-2-10-20-14)11-15(19)17-13-6-4-12(16)5-7-13/h2-7,10H,8-9,11,16H2,1H3,(H,17,19). The molecular formula is C15H19N3OS. The minimum atomic E-state index is -0.0107. The summed E-state index contributed by atoms with van der Waals surface area (Å²) in [6.45, 7) is 1.26. The first-order valence-electron chi connectivity index (χ1n) is 6.50. The number of hydrogen-bond donors (Lipinski definition) is 2. The Morgan fingerprint density at radius 2 is 2.05 bits per heavy atom. The molecule has 106 valence electrons. The van der Waals surface area contributed by atoms with E-state index in [0.29, 0.717) is 12.2 Å². The Labute approximate surface area is 123 Å². The molecule has 0 radical (unpaired) electrons. The number of rotatable bonds is 6. The summed E-state index contributed by atoms with van der Waals surface area (Å²) in [6, 6.07) is 11.3. The van der Waals surface area contributed by atoms with Crippen molar-refractivity contribution in [3.63, 3.8) is 0 Å². The van der Waals surface area contributed by atoms with Crippen molar-refractivity contribution in [2.45, 2.75) is 6.42 Å². The van der Waals surface area contributed by atoms with Gasteiger partial charge < -0.3 is 11.1 Å². The van der Waals surface area contributed by atoms with E-state index in [4.69, 9.17) is 5.73 Å². The summed E-state index contributed by atoms with van der Waals surface area (Å²) in [7, 11) is 1.95. The number of anilines is 2. The van der Waals surface area contributed by atoms with Crippen LogP contribution in [0.25, 0.3) is 0 Å². The lowest BCUT2D eigenvalue weighted by molar-refractivity contribution is -0.117. The van der Waals surface area contributed by atoms with Crippen LogP contribution >= 0.6 is 11.3 Å². The summed E-state index contributed by atoms with van der Waals surface area (Å²) in [6.07, 6.45) is 0.976. The van der Waals surface area contributed by atoms with Crippen LogP contribution in [0.3, 0.4) is 0 Å². The molecule has 0 aliphatic carbocycles. The van der Waals surface area contributed by atoms with Gasteiger partial charge in [0.1, 0.15) is 0 Å². The van der Waals surface area contributed by atoms with Gasteiger partial charge in [0.2, 0.25) is 5.91 Å². The van der Waals surface area contributed by atoms with Gasteiger partial charge in [0.15, 0.2) is 0 Å². The van der Waals surface area contributed by atoms with Crippen LogP contribution in [0.5, 0.6) is 0 Å². The molecular weight excluding hydrogens is 270 g/mol. The third-order valence-corrected chi connectivity index (χ3v) is 3.86. The normalized spacial score (nSPS) is 10.7. The molecule has 2 aromatic rings. The van der Waals surface area contributed by atoms with Crippen LogP contribution in [0.2, 0.25) is 0 Å². The van der Waals surface area contributed by atoms with Gasteiger partial charge in [-0.05, 0) is 49.2 Å². The van der Waals surface area contributed by atoms with E-state index in [1.807, 2.05) is 18.0 Å². The maximum atomic E-state index is 11.9. The number of thiophene rings is 1. The molecule has 0 saturated heterocycles. The maximum absolute atomic E-state index is 11.9. The largest absolute Gasteiger partial charge is 0.399 e. The van der Waals surface area contributed by atoms with E-state index in [0.717, 1.165) is 18.7 Å². The highest BCUT2D eigenvalue weighted by Gasteiger charge is 2.07. The molecule has 3 N–H and O–H groups in total. The molecule has 20 heavy (non-hydrogen) atoms. The van der Waals surface area contributed by atoms with Crippen molar-refractivity contribution >= 4 is 28.6 Å². The zero-order valence-corrected chi connectivity index (χ0v) is 12.3. The number of nitrogens with zero attached hydrogens (tertiary/aromatic N) is 1. The number of nitrogens with one attached hydrogen (secondary N) is 1. The second-order valence-corrected chi connectivity index (χ2v) is 5.77. The summed E-state index contributed by atoms with van der Waals surface area (Å²) in [5.41, 5.74) is 7.07. The lowest BCUT2D eigenvalue weighted by Crippen LogP contribution is -2.31. The highest BCUT2D eigenvalue weighted by molar-refractivity contribution is 7.09. The number of carbonyl (C=O) groups excluding carboxylic acids is 1. The first-order chi connectivity index (χ1) is 9.63. The monoisotopic (exact) mass is 289 g/mol. The van der Waals surface area contributed by atoms with E-state index in [1.54, 1.807) is 35.6 Å². The van der Waals surface area contributed by atoms with Gasteiger partial charge in [-0.2, -0.15) is 0 Å². The zero-order valence-electron chi connectivity index (χ0n) is 11.5. The summed E-state index contributed by atoms with van der Waals surface area (Å²) in [5, 5.41) is 4.93. The van der Waals surface area contributed by atoms with E-state index in [2.05, 4.69) is 16.8 Å². The Bertz CT molecular complexity index is 537. The predicted octanol–water partition coefficient (Wildman–Crippen LogP) is 2.44. The van der Waals surface area contributed by atoms with Gasteiger partial charge >= 0.3 is 0 Å². The van der Waals surface area contributed by atoms with Crippen molar-refractivity contribution in [3.05, 3.63) is 46.7 Å². The fourth-order valence-corrected chi connectivity index (χ4v) is 2.55. The molecule has 4 nitrogen and oxygen atoms in total. The first kappa shape index (κ1) is 14.6. The van der Waals surface area contributed by atoms with Crippen molar-refractivity contribution in [1.29, 1.82) is 0 Å². The molecule has 1 heterocycles. The van der Waals surface area contributed by atoms with Crippen molar-refractivity contribution < 1.29 is 4.79 Å². The van der Waals surface area contributed by atoms with Crippen LogP contribution in [0.1, 0.15) is 4.88 Å². The zero-order chi connectivity index (χ0) is 14.4. The summed E-state index contributed by atoms with van der Waals surface area (Å²) in [5.74, 6) is -0.0107. The van der Waals surface area contributed by atoms with Crippen LogP contribution in [0.4, 0.5) is 11.4 Å². The number of benzene rings is 1. The Morgan fingerprint density at radius 3 is 2.70 bits per heavy atom. The molecule has 0 saturated carbocycles. The third-order valence-electron chi connectivity index (χ3n) is 2.93. The first-order valence-corrected chi connectivity index (χ1v) is 7.38. The average molecular weight is 289 g/mol.